The smallest absolute Gasteiger partial charge is 0.303 e. The predicted molar refractivity (Wildman–Crippen MR) is 173 cm³/mol. The van der Waals surface area contributed by atoms with E-state index in [4.69, 9.17) is 4.74 Å². The third-order valence-electron chi connectivity index (χ3n) is 9.71. The Kier molecular flexibility index (Phi) is 8.09. The number of benzene rings is 2. The molecule has 0 bridgehead atoms. The Morgan fingerprint density at radius 1 is 0.955 bits per heavy atom. The summed E-state index contributed by atoms with van der Waals surface area (Å²) in [7, 11) is 0.437. The van der Waals surface area contributed by atoms with Crippen molar-refractivity contribution in [3.05, 3.63) is 58.7 Å². The average Bonchev–Trinajstić information content (AvgIpc) is 3.45. The molecular weight excluding hydrogens is 576 g/mol. The molecule has 44 heavy (non-hydrogen) atoms. The van der Waals surface area contributed by atoms with Crippen LogP contribution < -0.4 is 9.46 Å². The lowest BCUT2D eigenvalue weighted by molar-refractivity contribution is -0.129. The van der Waals surface area contributed by atoms with Gasteiger partial charge < -0.3 is 14.2 Å². The Bertz CT molecular complexity index is 1760. The number of ether oxygens (including phenoxy) is 1. The fourth-order valence-corrected chi connectivity index (χ4v) is 7.88. The Morgan fingerprint density at radius 3 is 2.32 bits per heavy atom. The molecule has 2 fully saturated rings. The number of hydrogen-bond donors (Lipinski definition) is 1. The highest BCUT2D eigenvalue weighted by Crippen LogP contribution is 2.47. The first kappa shape index (κ1) is 30.4. The van der Waals surface area contributed by atoms with Gasteiger partial charge in [0.25, 0.3) is 11.8 Å². The number of carbonyl (C=O) groups excluding carboxylic acids is 2. The molecule has 0 spiro atoms. The van der Waals surface area contributed by atoms with Gasteiger partial charge in [-0.05, 0) is 93.0 Å². The standard InChI is InChI=1S/C34H42N4O5S/c1-21-11-12-22(2)38(21)34(40)26-17-25-18-27(43-5)14-16-28(25)32-31(23-9-7-6-8-10-23)29-15-13-24(19-30(29)37(32)20-26)33(39)35-44(41,42)36(3)4/h13-19,21-23H,6-12,20H2,1-5H3,(H,35,39)/t21-,22-/m1/s1. The SMILES string of the molecule is COc1ccc2c(c1)C=C(C(=O)N1[C@H](C)CC[C@H]1C)Cn1c-2c(C2CCCCC2)c2ccc(C(=O)NS(=O)(=O)N(C)C)cc21. The lowest BCUT2D eigenvalue weighted by Crippen LogP contribution is -2.40. The van der Waals surface area contributed by atoms with Gasteiger partial charge in [-0.15, -0.1) is 0 Å². The zero-order valence-corrected chi connectivity index (χ0v) is 27.0. The van der Waals surface area contributed by atoms with Crippen LogP contribution in [-0.2, 0) is 21.5 Å². The Labute approximate surface area is 260 Å². The van der Waals surface area contributed by atoms with Crippen molar-refractivity contribution in [1.29, 1.82) is 0 Å². The van der Waals surface area contributed by atoms with Crippen molar-refractivity contribution < 1.29 is 22.7 Å². The summed E-state index contributed by atoms with van der Waals surface area (Å²) in [6.45, 7) is 4.56. The summed E-state index contributed by atoms with van der Waals surface area (Å²) in [6.07, 6.45) is 9.64. The Morgan fingerprint density at radius 2 is 1.66 bits per heavy atom. The van der Waals surface area contributed by atoms with Crippen molar-refractivity contribution in [2.24, 2.45) is 0 Å². The van der Waals surface area contributed by atoms with Crippen LogP contribution in [0.5, 0.6) is 5.75 Å². The van der Waals surface area contributed by atoms with E-state index in [-0.39, 0.29) is 23.6 Å². The molecule has 10 heteroatoms. The molecule has 0 unspecified atom stereocenters. The van der Waals surface area contributed by atoms with E-state index < -0.39 is 16.1 Å². The van der Waals surface area contributed by atoms with Crippen LogP contribution in [0.25, 0.3) is 28.2 Å². The van der Waals surface area contributed by atoms with E-state index in [1.165, 1.54) is 26.1 Å². The van der Waals surface area contributed by atoms with E-state index in [2.05, 4.69) is 29.2 Å². The number of carbonyl (C=O) groups is 2. The summed E-state index contributed by atoms with van der Waals surface area (Å²) in [4.78, 5) is 29.5. The zero-order valence-electron chi connectivity index (χ0n) is 26.2. The normalized spacial score (nSPS) is 20.7. The molecule has 1 saturated carbocycles. The molecule has 1 aliphatic carbocycles. The highest BCUT2D eigenvalue weighted by atomic mass is 32.2. The number of rotatable bonds is 6. The molecule has 9 nitrogen and oxygen atoms in total. The van der Waals surface area contributed by atoms with Crippen LogP contribution in [0, 0.1) is 0 Å². The van der Waals surface area contributed by atoms with Gasteiger partial charge in [0, 0.05) is 53.8 Å². The number of aromatic nitrogens is 1. The molecule has 3 aliphatic rings. The van der Waals surface area contributed by atoms with E-state index in [1.807, 2.05) is 29.2 Å². The predicted octanol–water partition coefficient (Wildman–Crippen LogP) is 5.70. The third kappa shape index (κ3) is 5.32. The third-order valence-corrected chi connectivity index (χ3v) is 11.1. The topological polar surface area (TPSA) is 101 Å². The van der Waals surface area contributed by atoms with Gasteiger partial charge in [-0.1, -0.05) is 25.3 Å². The van der Waals surface area contributed by atoms with Crippen LogP contribution in [0.1, 0.15) is 86.2 Å². The van der Waals surface area contributed by atoms with Gasteiger partial charge >= 0.3 is 10.2 Å². The summed E-state index contributed by atoms with van der Waals surface area (Å²) in [6, 6.07) is 11.8. The van der Waals surface area contributed by atoms with E-state index in [0.717, 1.165) is 76.3 Å². The Hall–Kier alpha value is -3.63. The van der Waals surface area contributed by atoms with E-state index in [1.54, 1.807) is 19.2 Å². The number of amides is 2. The van der Waals surface area contributed by atoms with Crippen molar-refractivity contribution in [2.75, 3.05) is 21.2 Å². The van der Waals surface area contributed by atoms with Crippen molar-refractivity contribution in [3.63, 3.8) is 0 Å². The van der Waals surface area contributed by atoms with Gasteiger partial charge in [-0.2, -0.15) is 12.7 Å². The van der Waals surface area contributed by atoms with Gasteiger partial charge in [0.15, 0.2) is 0 Å². The number of likely N-dealkylation sites (tertiary alicyclic amines) is 1. The second kappa shape index (κ2) is 11.7. The first-order chi connectivity index (χ1) is 21.0. The molecule has 0 radical (unpaired) electrons. The molecule has 6 rings (SSSR count). The van der Waals surface area contributed by atoms with Crippen molar-refractivity contribution in [3.8, 4) is 17.0 Å². The van der Waals surface area contributed by atoms with E-state index >= 15 is 0 Å². The number of nitrogens with zero attached hydrogens (tertiary/aromatic N) is 3. The fraction of sp³-hybridized carbons (Fsp3) is 0.471. The Balaban J connectivity index is 1.58. The molecule has 2 aromatic carbocycles. The molecule has 234 valence electrons. The quantitative estimate of drug-likeness (QED) is 0.382. The second-order valence-corrected chi connectivity index (χ2v) is 14.6. The molecule has 1 N–H and O–H groups in total. The summed E-state index contributed by atoms with van der Waals surface area (Å²) in [5, 5.41) is 1.04. The minimum Gasteiger partial charge on any atom is -0.497 e. The first-order valence-electron chi connectivity index (χ1n) is 15.6. The van der Waals surface area contributed by atoms with E-state index in [9.17, 15) is 18.0 Å². The molecular formula is C34H42N4O5S. The lowest BCUT2D eigenvalue weighted by Gasteiger charge is -2.27. The molecule has 3 aromatic rings. The maximum atomic E-state index is 14.3. The average molecular weight is 619 g/mol. The highest BCUT2D eigenvalue weighted by molar-refractivity contribution is 7.87. The van der Waals surface area contributed by atoms with Gasteiger partial charge in [-0.25, -0.2) is 4.72 Å². The molecule has 2 atom stereocenters. The van der Waals surface area contributed by atoms with Crippen LogP contribution in [0.15, 0.2) is 42.0 Å². The molecule has 2 amide bonds. The number of nitrogens with one attached hydrogen (secondary N) is 1. The fourth-order valence-electron chi connectivity index (χ4n) is 7.34. The van der Waals surface area contributed by atoms with Crippen molar-refractivity contribution in [1.82, 2.24) is 18.5 Å². The second-order valence-electron chi connectivity index (χ2n) is 12.7. The van der Waals surface area contributed by atoms with Gasteiger partial charge in [-0.3, -0.25) is 9.59 Å². The van der Waals surface area contributed by atoms with Gasteiger partial charge in [0.2, 0.25) is 0 Å². The number of hydrogen-bond acceptors (Lipinski definition) is 5. The highest BCUT2D eigenvalue weighted by Gasteiger charge is 2.36. The maximum Gasteiger partial charge on any atom is 0.303 e. The first-order valence-corrected chi connectivity index (χ1v) is 17.1. The van der Waals surface area contributed by atoms with Crippen molar-refractivity contribution in [2.45, 2.75) is 83.3 Å². The summed E-state index contributed by atoms with van der Waals surface area (Å²) in [5.74, 6) is 0.388. The lowest BCUT2D eigenvalue weighted by atomic mass is 9.81. The molecule has 2 aliphatic heterocycles. The summed E-state index contributed by atoms with van der Waals surface area (Å²) >= 11 is 0. The largest absolute Gasteiger partial charge is 0.497 e. The van der Waals surface area contributed by atoms with Gasteiger partial charge in [0.05, 0.1) is 19.3 Å². The number of methoxy groups -OCH3 is 1. The molecule has 3 heterocycles. The van der Waals surface area contributed by atoms with Gasteiger partial charge in [0.1, 0.15) is 5.75 Å². The molecule has 1 saturated heterocycles. The van der Waals surface area contributed by atoms with Crippen molar-refractivity contribution >= 4 is 39.0 Å². The van der Waals surface area contributed by atoms with Crippen LogP contribution in [0.2, 0.25) is 0 Å². The van der Waals surface area contributed by atoms with E-state index in [0.29, 0.717) is 18.0 Å². The van der Waals surface area contributed by atoms with Crippen LogP contribution in [0.3, 0.4) is 0 Å². The minimum absolute atomic E-state index is 0.0242. The molecule has 1 aromatic heterocycles. The monoisotopic (exact) mass is 618 g/mol. The zero-order chi connectivity index (χ0) is 31.3. The minimum atomic E-state index is -3.96. The summed E-state index contributed by atoms with van der Waals surface area (Å²) in [5.41, 5.74) is 6.00. The van der Waals surface area contributed by atoms with Crippen LogP contribution in [-0.4, -0.2) is 67.3 Å². The van der Waals surface area contributed by atoms with Crippen LogP contribution in [0.4, 0.5) is 0 Å². The number of fused-ring (bicyclic) bond motifs is 5. The summed E-state index contributed by atoms with van der Waals surface area (Å²) < 4.78 is 35.9. The van der Waals surface area contributed by atoms with Crippen LogP contribution >= 0.6 is 0 Å². The maximum absolute atomic E-state index is 14.3.